The number of benzene rings is 2. The van der Waals surface area contributed by atoms with Crippen LogP contribution in [0.1, 0.15) is 17.0 Å². The topological polar surface area (TPSA) is 17.3 Å². The molecule has 2 aromatic carbocycles. The van der Waals surface area contributed by atoms with Crippen LogP contribution in [0.4, 0.5) is 10.1 Å². The van der Waals surface area contributed by atoms with Crippen LogP contribution in [-0.4, -0.2) is 10.8 Å². The lowest BCUT2D eigenvalue weighted by Gasteiger charge is -2.09. The molecular weight excluding hydrogens is 311 g/mol. The highest BCUT2D eigenvalue weighted by Gasteiger charge is 2.09. The molecule has 2 nitrogen and oxygen atoms in total. The molecule has 0 fully saturated rings. The van der Waals surface area contributed by atoms with E-state index in [0.717, 1.165) is 22.6 Å². The van der Waals surface area contributed by atoms with E-state index < -0.39 is 0 Å². The Bertz CT molecular complexity index is 881. The fraction of sp³-hybridized carbons (Fsp3) is 0.105. The van der Waals surface area contributed by atoms with E-state index >= 15 is 0 Å². The van der Waals surface area contributed by atoms with Gasteiger partial charge in [0.05, 0.1) is 5.69 Å². The average Bonchev–Trinajstić information content (AvgIpc) is 2.79. The zero-order chi connectivity index (χ0) is 16.4. The maximum Gasteiger partial charge on any atom is 0.125 e. The summed E-state index contributed by atoms with van der Waals surface area (Å²) >= 11 is 6.09. The summed E-state index contributed by atoms with van der Waals surface area (Å²) in [6.45, 7) is 4.06. The first-order chi connectivity index (χ1) is 11.0. The maximum absolute atomic E-state index is 13.2. The van der Waals surface area contributed by atoms with E-state index in [4.69, 9.17) is 11.6 Å². The predicted octanol–water partition coefficient (Wildman–Crippen LogP) is 5.64. The van der Waals surface area contributed by atoms with Crippen molar-refractivity contribution >= 4 is 23.5 Å². The molecule has 0 saturated heterocycles. The molecule has 116 valence electrons. The second-order valence-corrected chi connectivity index (χ2v) is 5.82. The van der Waals surface area contributed by atoms with E-state index in [1.807, 2.05) is 38.1 Å². The highest BCUT2D eigenvalue weighted by Crippen LogP contribution is 2.23. The summed E-state index contributed by atoms with van der Waals surface area (Å²) in [5, 5.41) is 0.699. The van der Waals surface area contributed by atoms with Gasteiger partial charge in [-0.1, -0.05) is 23.7 Å². The van der Waals surface area contributed by atoms with Crippen molar-refractivity contribution in [1.82, 2.24) is 4.57 Å². The molecule has 0 aliphatic carbocycles. The van der Waals surface area contributed by atoms with E-state index in [1.54, 1.807) is 18.3 Å². The summed E-state index contributed by atoms with van der Waals surface area (Å²) in [7, 11) is 0. The van der Waals surface area contributed by atoms with Crippen LogP contribution in [0.25, 0.3) is 5.69 Å². The number of hydrogen-bond acceptors (Lipinski definition) is 1. The van der Waals surface area contributed by atoms with E-state index in [-0.39, 0.29) is 5.82 Å². The summed E-state index contributed by atoms with van der Waals surface area (Å²) in [4.78, 5) is 4.36. The van der Waals surface area contributed by atoms with Crippen molar-refractivity contribution in [3.05, 3.63) is 82.4 Å². The van der Waals surface area contributed by atoms with Gasteiger partial charge in [-0.05, 0) is 56.3 Å². The van der Waals surface area contributed by atoms with E-state index in [2.05, 4.69) is 15.6 Å². The molecule has 0 atom stereocenters. The Hall–Kier alpha value is -2.39. The van der Waals surface area contributed by atoms with Crippen LogP contribution in [0.3, 0.4) is 0 Å². The van der Waals surface area contributed by atoms with Gasteiger partial charge >= 0.3 is 0 Å². The molecule has 0 spiro atoms. The van der Waals surface area contributed by atoms with E-state index in [0.29, 0.717) is 10.7 Å². The standard InChI is InChI=1S/C19H16ClFN2/c1-13-9-15(12-22-18-7-4-6-17(21)11-18)14(2)23(13)19-8-3-5-16(20)10-19/h3-12H,1-2H3. The second kappa shape index (κ2) is 6.39. The largest absolute Gasteiger partial charge is 0.318 e. The SMILES string of the molecule is Cc1cc(C=Nc2cccc(F)c2)c(C)n1-c1cccc(Cl)c1. The smallest absolute Gasteiger partial charge is 0.125 e. The first kappa shape index (κ1) is 15.5. The van der Waals surface area contributed by atoms with Gasteiger partial charge in [-0.15, -0.1) is 0 Å². The highest BCUT2D eigenvalue weighted by molar-refractivity contribution is 6.30. The molecule has 0 bridgehead atoms. The molecule has 23 heavy (non-hydrogen) atoms. The third-order valence-corrected chi connectivity index (χ3v) is 3.93. The molecule has 0 aliphatic rings. The van der Waals surface area contributed by atoms with Crippen LogP contribution in [0.15, 0.2) is 59.6 Å². The summed E-state index contributed by atoms with van der Waals surface area (Å²) in [5.41, 5.74) is 4.75. The van der Waals surface area contributed by atoms with Crippen LogP contribution in [0.5, 0.6) is 0 Å². The van der Waals surface area contributed by atoms with Crippen LogP contribution in [0, 0.1) is 19.7 Å². The molecular formula is C19H16ClFN2. The number of aromatic nitrogens is 1. The summed E-state index contributed by atoms with van der Waals surface area (Å²) in [5.74, 6) is -0.288. The Balaban J connectivity index is 1.98. The average molecular weight is 327 g/mol. The minimum absolute atomic E-state index is 0.288. The Morgan fingerprint density at radius 3 is 2.57 bits per heavy atom. The van der Waals surface area contributed by atoms with E-state index in [9.17, 15) is 4.39 Å². The minimum Gasteiger partial charge on any atom is -0.318 e. The zero-order valence-electron chi connectivity index (χ0n) is 12.9. The fourth-order valence-electron chi connectivity index (χ4n) is 2.63. The number of nitrogens with zero attached hydrogens (tertiary/aromatic N) is 2. The van der Waals surface area contributed by atoms with Gasteiger partial charge in [0.15, 0.2) is 0 Å². The minimum atomic E-state index is -0.288. The molecule has 3 rings (SSSR count). The fourth-order valence-corrected chi connectivity index (χ4v) is 2.82. The van der Waals surface area contributed by atoms with Crippen LogP contribution in [0.2, 0.25) is 5.02 Å². The lowest BCUT2D eigenvalue weighted by atomic mass is 10.2. The molecule has 0 N–H and O–H groups in total. The summed E-state index contributed by atoms with van der Waals surface area (Å²) < 4.78 is 15.3. The van der Waals surface area contributed by atoms with Crippen molar-refractivity contribution < 1.29 is 4.39 Å². The van der Waals surface area contributed by atoms with Crippen molar-refractivity contribution in [1.29, 1.82) is 0 Å². The Morgan fingerprint density at radius 2 is 1.83 bits per heavy atom. The van der Waals surface area contributed by atoms with Crippen LogP contribution in [-0.2, 0) is 0 Å². The molecule has 3 aromatic rings. The van der Waals surface area contributed by atoms with Crippen molar-refractivity contribution in [3.63, 3.8) is 0 Å². The van der Waals surface area contributed by atoms with Crippen molar-refractivity contribution in [2.75, 3.05) is 0 Å². The molecule has 1 heterocycles. The van der Waals surface area contributed by atoms with Gasteiger partial charge < -0.3 is 4.57 Å². The number of hydrogen-bond donors (Lipinski definition) is 0. The highest BCUT2D eigenvalue weighted by atomic mass is 35.5. The molecule has 0 unspecified atom stereocenters. The Kier molecular flexibility index (Phi) is 4.30. The van der Waals surface area contributed by atoms with Gasteiger partial charge in [0.25, 0.3) is 0 Å². The quantitative estimate of drug-likeness (QED) is 0.554. The maximum atomic E-state index is 13.2. The normalized spacial score (nSPS) is 11.3. The van der Waals surface area contributed by atoms with E-state index in [1.165, 1.54) is 12.1 Å². The lowest BCUT2D eigenvalue weighted by molar-refractivity contribution is 0.628. The van der Waals surface area contributed by atoms with Gasteiger partial charge in [0.1, 0.15) is 5.82 Å². The lowest BCUT2D eigenvalue weighted by Crippen LogP contribution is -1.99. The van der Waals surface area contributed by atoms with Crippen molar-refractivity contribution in [2.24, 2.45) is 4.99 Å². The molecule has 0 amide bonds. The third kappa shape index (κ3) is 3.35. The predicted molar refractivity (Wildman–Crippen MR) is 93.9 cm³/mol. The van der Waals surface area contributed by atoms with Crippen LogP contribution >= 0.6 is 11.6 Å². The van der Waals surface area contributed by atoms with Gasteiger partial charge in [0.2, 0.25) is 0 Å². The number of rotatable bonds is 3. The molecule has 1 aromatic heterocycles. The van der Waals surface area contributed by atoms with Crippen LogP contribution < -0.4 is 0 Å². The monoisotopic (exact) mass is 326 g/mol. The summed E-state index contributed by atoms with van der Waals surface area (Å²) in [6.07, 6.45) is 1.76. The first-order valence-electron chi connectivity index (χ1n) is 7.29. The van der Waals surface area contributed by atoms with Gasteiger partial charge in [-0.2, -0.15) is 0 Å². The molecule has 4 heteroatoms. The van der Waals surface area contributed by atoms with Gasteiger partial charge in [0, 0.05) is 33.9 Å². The third-order valence-electron chi connectivity index (χ3n) is 3.70. The Labute approximate surface area is 139 Å². The Morgan fingerprint density at radius 1 is 1.04 bits per heavy atom. The van der Waals surface area contributed by atoms with Gasteiger partial charge in [-0.25, -0.2) is 4.39 Å². The number of halogens is 2. The zero-order valence-corrected chi connectivity index (χ0v) is 13.7. The van der Waals surface area contributed by atoms with Crippen molar-refractivity contribution in [3.8, 4) is 5.69 Å². The first-order valence-corrected chi connectivity index (χ1v) is 7.67. The molecule has 0 radical (unpaired) electrons. The molecule has 0 saturated carbocycles. The van der Waals surface area contributed by atoms with Gasteiger partial charge in [-0.3, -0.25) is 4.99 Å². The second-order valence-electron chi connectivity index (χ2n) is 5.38. The number of aryl methyl sites for hydroxylation is 1. The van der Waals surface area contributed by atoms with Crippen molar-refractivity contribution in [2.45, 2.75) is 13.8 Å². The molecule has 0 aliphatic heterocycles. The summed E-state index contributed by atoms with van der Waals surface area (Å²) in [6, 6.07) is 16.0. The number of aliphatic imine (C=N–C) groups is 1.